The fourth-order valence-electron chi connectivity index (χ4n) is 3.89. The molecule has 0 atom stereocenters. The maximum atomic E-state index is 13.2. The fraction of sp³-hybridized carbons (Fsp3) is 0.304. The number of nitrogens with zero attached hydrogens (tertiary/aromatic N) is 3. The van der Waals surface area contributed by atoms with Crippen molar-refractivity contribution in [1.82, 2.24) is 9.47 Å². The maximum absolute atomic E-state index is 13.2. The van der Waals surface area contributed by atoms with E-state index in [0.29, 0.717) is 30.8 Å². The van der Waals surface area contributed by atoms with Gasteiger partial charge in [-0.05, 0) is 37.3 Å². The van der Waals surface area contributed by atoms with E-state index < -0.39 is 0 Å². The number of hydrogen-bond donors (Lipinski definition) is 0. The number of aryl methyl sites for hydroxylation is 1. The number of ether oxygens (including phenoxy) is 1. The molecular formula is C23H25N3O3. The summed E-state index contributed by atoms with van der Waals surface area (Å²) in [6.07, 6.45) is 1.70. The Bertz CT molecular complexity index is 1080. The first-order valence-corrected chi connectivity index (χ1v) is 9.93. The van der Waals surface area contributed by atoms with Crippen LogP contribution >= 0.6 is 0 Å². The third-order valence-corrected chi connectivity index (χ3v) is 5.55. The normalized spacial score (nSPS) is 14.3. The second-order valence-electron chi connectivity index (χ2n) is 7.16. The molecule has 2 heterocycles. The van der Waals surface area contributed by atoms with Crippen LogP contribution in [0.5, 0.6) is 5.75 Å². The third kappa shape index (κ3) is 3.58. The van der Waals surface area contributed by atoms with E-state index in [1.54, 1.807) is 24.3 Å². The molecule has 1 saturated heterocycles. The number of rotatable bonds is 4. The summed E-state index contributed by atoms with van der Waals surface area (Å²) in [5.41, 5.74) is 1.95. The molecule has 0 aliphatic carbocycles. The van der Waals surface area contributed by atoms with Gasteiger partial charge in [0, 0.05) is 44.6 Å². The molecule has 3 aromatic rings. The topological polar surface area (TPSA) is 54.8 Å². The molecule has 6 nitrogen and oxygen atoms in total. The highest BCUT2D eigenvalue weighted by molar-refractivity contribution is 5.97. The molecule has 1 aliphatic rings. The number of hydrogen-bond acceptors (Lipinski definition) is 4. The van der Waals surface area contributed by atoms with Gasteiger partial charge in [-0.2, -0.15) is 0 Å². The first-order chi connectivity index (χ1) is 14.1. The minimum Gasteiger partial charge on any atom is -0.497 e. The summed E-state index contributed by atoms with van der Waals surface area (Å²) in [4.78, 5) is 30.3. The van der Waals surface area contributed by atoms with E-state index in [-0.39, 0.29) is 16.9 Å². The molecule has 1 fully saturated rings. The fourth-order valence-corrected chi connectivity index (χ4v) is 3.89. The average Bonchev–Trinajstić information content (AvgIpc) is 2.79. The average molecular weight is 391 g/mol. The van der Waals surface area contributed by atoms with E-state index in [1.165, 1.54) is 0 Å². The van der Waals surface area contributed by atoms with E-state index in [2.05, 4.69) is 17.0 Å². The van der Waals surface area contributed by atoms with Crippen LogP contribution in [0.15, 0.2) is 59.5 Å². The molecule has 1 aliphatic heterocycles. The smallest absolute Gasteiger partial charge is 0.259 e. The van der Waals surface area contributed by atoms with Gasteiger partial charge in [-0.1, -0.05) is 18.2 Å². The Labute approximate surface area is 169 Å². The Hall–Kier alpha value is -3.28. The van der Waals surface area contributed by atoms with Crippen molar-refractivity contribution in [2.45, 2.75) is 13.5 Å². The standard InChI is InChI=1S/C23H25N3O3/c1-3-24-16-20(22(27)19-15-18(29-2)9-10-21(19)24)23(28)26-13-11-25(12-14-26)17-7-5-4-6-8-17/h4-10,15-16H,3,11-14H2,1-2H3. The van der Waals surface area contributed by atoms with Crippen molar-refractivity contribution in [2.24, 2.45) is 0 Å². The van der Waals surface area contributed by atoms with Gasteiger partial charge in [0.2, 0.25) is 5.43 Å². The molecule has 0 radical (unpaired) electrons. The lowest BCUT2D eigenvalue weighted by Gasteiger charge is -2.36. The highest BCUT2D eigenvalue weighted by Gasteiger charge is 2.25. The molecule has 0 unspecified atom stereocenters. The van der Waals surface area contributed by atoms with Crippen molar-refractivity contribution in [1.29, 1.82) is 0 Å². The second kappa shape index (κ2) is 7.99. The summed E-state index contributed by atoms with van der Waals surface area (Å²) in [5.74, 6) is 0.410. The summed E-state index contributed by atoms with van der Waals surface area (Å²) in [7, 11) is 1.57. The number of amides is 1. The van der Waals surface area contributed by atoms with Crippen molar-refractivity contribution in [2.75, 3.05) is 38.2 Å². The highest BCUT2D eigenvalue weighted by Crippen LogP contribution is 2.20. The third-order valence-electron chi connectivity index (χ3n) is 5.55. The Kier molecular flexibility index (Phi) is 5.25. The van der Waals surface area contributed by atoms with Gasteiger partial charge in [-0.3, -0.25) is 9.59 Å². The zero-order valence-corrected chi connectivity index (χ0v) is 16.8. The van der Waals surface area contributed by atoms with Gasteiger partial charge < -0.3 is 19.1 Å². The van der Waals surface area contributed by atoms with Gasteiger partial charge in [0.15, 0.2) is 0 Å². The Balaban J connectivity index is 1.62. The molecule has 4 rings (SSSR count). The first kappa shape index (κ1) is 19.1. The van der Waals surface area contributed by atoms with Gasteiger partial charge in [0.05, 0.1) is 18.0 Å². The van der Waals surface area contributed by atoms with E-state index in [1.807, 2.05) is 41.8 Å². The van der Waals surface area contributed by atoms with Crippen LogP contribution in [0.4, 0.5) is 5.69 Å². The van der Waals surface area contributed by atoms with Gasteiger partial charge >= 0.3 is 0 Å². The zero-order valence-electron chi connectivity index (χ0n) is 16.8. The predicted octanol–water partition coefficient (Wildman–Crippen LogP) is 2.99. The van der Waals surface area contributed by atoms with Crippen molar-refractivity contribution in [3.05, 3.63) is 70.5 Å². The van der Waals surface area contributed by atoms with E-state index in [0.717, 1.165) is 24.3 Å². The molecule has 0 bridgehead atoms. The summed E-state index contributed by atoms with van der Waals surface area (Å²) in [5, 5.41) is 0.514. The summed E-state index contributed by atoms with van der Waals surface area (Å²) in [6, 6.07) is 15.6. The van der Waals surface area contributed by atoms with Crippen LogP contribution in [0.3, 0.4) is 0 Å². The number of carbonyl (C=O) groups excluding carboxylic acids is 1. The van der Waals surface area contributed by atoms with Crippen molar-refractivity contribution < 1.29 is 9.53 Å². The van der Waals surface area contributed by atoms with E-state index >= 15 is 0 Å². The summed E-state index contributed by atoms with van der Waals surface area (Å²) < 4.78 is 7.22. The zero-order chi connectivity index (χ0) is 20.4. The number of piperazine rings is 1. The Morgan fingerprint density at radius 2 is 1.76 bits per heavy atom. The number of anilines is 1. The van der Waals surface area contributed by atoms with Crippen LogP contribution in [0.1, 0.15) is 17.3 Å². The summed E-state index contributed by atoms with van der Waals surface area (Å²) >= 11 is 0. The molecule has 150 valence electrons. The number of benzene rings is 2. The molecule has 0 spiro atoms. The van der Waals surface area contributed by atoms with Crippen molar-refractivity contribution in [3.8, 4) is 5.75 Å². The van der Waals surface area contributed by atoms with Crippen LogP contribution in [0.2, 0.25) is 0 Å². The van der Waals surface area contributed by atoms with E-state index in [9.17, 15) is 9.59 Å². The molecule has 6 heteroatoms. The molecule has 29 heavy (non-hydrogen) atoms. The monoisotopic (exact) mass is 391 g/mol. The number of para-hydroxylation sites is 1. The summed E-state index contributed by atoms with van der Waals surface area (Å²) in [6.45, 7) is 5.36. The molecule has 2 aromatic carbocycles. The number of pyridine rings is 1. The lowest BCUT2D eigenvalue weighted by molar-refractivity contribution is 0.0745. The van der Waals surface area contributed by atoms with Crippen LogP contribution in [0, 0.1) is 0 Å². The Morgan fingerprint density at radius 1 is 1.03 bits per heavy atom. The SMILES string of the molecule is CCn1cc(C(=O)N2CCN(c3ccccc3)CC2)c(=O)c2cc(OC)ccc21. The lowest BCUT2D eigenvalue weighted by atomic mass is 10.1. The number of carbonyl (C=O) groups is 1. The van der Waals surface area contributed by atoms with Gasteiger partial charge in [0.1, 0.15) is 11.3 Å². The molecule has 1 aromatic heterocycles. The molecular weight excluding hydrogens is 366 g/mol. The number of aromatic nitrogens is 1. The van der Waals surface area contributed by atoms with Crippen molar-refractivity contribution in [3.63, 3.8) is 0 Å². The molecule has 0 N–H and O–H groups in total. The van der Waals surface area contributed by atoms with Crippen LogP contribution < -0.4 is 15.1 Å². The largest absolute Gasteiger partial charge is 0.497 e. The lowest BCUT2D eigenvalue weighted by Crippen LogP contribution is -2.49. The minimum atomic E-state index is -0.237. The second-order valence-corrected chi connectivity index (χ2v) is 7.16. The van der Waals surface area contributed by atoms with Gasteiger partial charge in [-0.15, -0.1) is 0 Å². The first-order valence-electron chi connectivity index (χ1n) is 9.93. The van der Waals surface area contributed by atoms with Crippen LogP contribution in [-0.2, 0) is 6.54 Å². The van der Waals surface area contributed by atoms with Gasteiger partial charge in [-0.25, -0.2) is 0 Å². The van der Waals surface area contributed by atoms with Crippen LogP contribution in [0.25, 0.3) is 10.9 Å². The van der Waals surface area contributed by atoms with Crippen LogP contribution in [-0.4, -0.2) is 48.7 Å². The molecule has 0 saturated carbocycles. The van der Waals surface area contributed by atoms with Crippen molar-refractivity contribution >= 4 is 22.5 Å². The van der Waals surface area contributed by atoms with Gasteiger partial charge in [0.25, 0.3) is 5.91 Å². The molecule has 1 amide bonds. The highest BCUT2D eigenvalue weighted by atomic mass is 16.5. The minimum absolute atomic E-state index is 0.199. The maximum Gasteiger partial charge on any atom is 0.259 e. The predicted molar refractivity (Wildman–Crippen MR) is 115 cm³/mol. The van der Waals surface area contributed by atoms with E-state index in [4.69, 9.17) is 4.74 Å². The number of methoxy groups -OCH3 is 1. The quantitative estimate of drug-likeness (QED) is 0.686. The number of fused-ring (bicyclic) bond motifs is 1. The Morgan fingerprint density at radius 3 is 2.41 bits per heavy atom.